The van der Waals surface area contributed by atoms with Crippen LogP contribution in [0.4, 0.5) is 9.93 Å². The van der Waals surface area contributed by atoms with Crippen molar-refractivity contribution in [2.24, 2.45) is 0 Å². The summed E-state index contributed by atoms with van der Waals surface area (Å²) in [4.78, 5) is 18.0. The average Bonchev–Trinajstić information content (AvgIpc) is 3.11. The molecule has 20 heavy (non-hydrogen) atoms. The maximum Gasteiger partial charge on any atom is 0.313 e. The Morgan fingerprint density at radius 2 is 2.20 bits per heavy atom. The summed E-state index contributed by atoms with van der Waals surface area (Å²) in [6, 6.07) is 9.70. The molecule has 101 valence electrons. The molecule has 2 amide bonds. The zero-order valence-corrected chi connectivity index (χ0v) is 14.5. The molecule has 2 aromatic rings. The molecule has 3 rings (SSSR count). The molecule has 1 aliphatic rings. The topological polar surface area (TPSA) is 57.3 Å². The van der Waals surface area contributed by atoms with Crippen molar-refractivity contribution in [2.45, 2.75) is 0 Å². The van der Waals surface area contributed by atoms with Crippen LogP contribution in [0.2, 0.25) is 0 Å². The van der Waals surface area contributed by atoms with Gasteiger partial charge in [-0.3, -0.25) is 5.32 Å². The van der Waals surface area contributed by atoms with Crippen molar-refractivity contribution in [3.8, 4) is 11.3 Å². The van der Waals surface area contributed by atoms with E-state index in [0.29, 0.717) is 11.8 Å². The van der Waals surface area contributed by atoms with Crippen LogP contribution in [0.25, 0.3) is 11.3 Å². The molecule has 0 unspecified atom stereocenters. The number of nitrogens with one attached hydrogen (secondary N) is 2. The Morgan fingerprint density at radius 1 is 1.40 bits per heavy atom. The van der Waals surface area contributed by atoms with Crippen LogP contribution in [0, 0.1) is 5.38 Å². The summed E-state index contributed by atoms with van der Waals surface area (Å²) in [6.45, 7) is 2.16. The van der Waals surface area contributed by atoms with Crippen molar-refractivity contribution in [2.75, 3.05) is 25.1 Å². The number of hydrogen-bond donors (Lipinski definition) is 2. The molecule has 1 aromatic heterocycles. The Balaban J connectivity index is 0.00000147. The number of amides is 2. The van der Waals surface area contributed by atoms with Crippen molar-refractivity contribution in [1.82, 2.24) is 15.2 Å². The Bertz CT molecular complexity index is 569. The van der Waals surface area contributed by atoms with Crippen LogP contribution in [0.15, 0.2) is 30.3 Å². The van der Waals surface area contributed by atoms with Crippen molar-refractivity contribution in [1.29, 1.82) is 0 Å². The van der Waals surface area contributed by atoms with Gasteiger partial charge in [-0.05, 0) is 5.69 Å². The van der Waals surface area contributed by atoms with E-state index in [1.165, 1.54) is 11.3 Å². The van der Waals surface area contributed by atoms with Gasteiger partial charge in [0.25, 0.3) is 0 Å². The molecule has 1 aromatic carbocycles. The summed E-state index contributed by atoms with van der Waals surface area (Å²) < 4.78 is 0. The van der Waals surface area contributed by atoms with E-state index in [-0.39, 0.29) is 38.7 Å². The summed E-state index contributed by atoms with van der Waals surface area (Å²) in [5.41, 5.74) is 1.77. The van der Waals surface area contributed by atoms with Crippen LogP contribution in [-0.2, 0) is 32.7 Å². The molecule has 2 N–H and O–H groups in total. The van der Waals surface area contributed by atoms with Gasteiger partial charge >= 0.3 is 6.03 Å². The normalized spacial score (nSPS) is 13.9. The minimum atomic E-state index is -0.118. The van der Waals surface area contributed by atoms with Crippen LogP contribution >= 0.6 is 11.3 Å². The van der Waals surface area contributed by atoms with Crippen LogP contribution in [-0.4, -0.2) is 35.7 Å². The van der Waals surface area contributed by atoms with E-state index >= 15 is 0 Å². The third kappa shape index (κ3) is 3.64. The summed E-state index contributed by atoms with van der Waals surface area (Å²) in [5, 5.41) is 9.59. The number of carbonyl (C=O) groups is 1. The molecule has 0 aliphatic carbocycles. The Morgan fingerprint density at radius 3 is 2.90 bits per heavy atom. The van der Waals surface area contributed by atoms with Crippen LogP contribution in [0.5, 0.6) is 0 Å². The van der Waals surface area contributed by atoms with Gasteiger partial charge in [0.1, 0.15) is 0 Å². The molecule has 0 bridgehead atoms. The molecule has 1 saturated heterocycles. The molecule has 0 saturated carbocycles. The second kappa shape index (κ2) is 7.27. The first kappa shape index (κ1) is 15.6. The number of carbonyl (C=O) groups excluding carboxylic acids is 1. The molecule has 7 heteroatoms. The number of benzene rings is 1. The van der Waals surface area contributed by atoms with Gasteiger partial charge in [-0.15, -0.1) is 12.1 Å². The molecule has 0 atom stereocenters. The fourth-order valence-electron chi connectivity index (χ4n) is 1.87. The predicted molar refractivity (Wildman–Crippen MR) is 75.0 cm³/mol. The van der Waals surface area contributed by atoms with Crippen molar-refractivity contribution < 1.29 is 37.5 Å². The molecule has 1 fully saturated rings. The van der Waals surface area contributed by atoms with Crippen molar-refractivity contribution in [3.63, 3.8) is 0 Å². The van der Waals surface area contributed by atoms with Gasteiger partial charge in [0.2, 0.25) is 0 Å². The number of anilines is 1. The minimum absolute atomic E-state index is 0. The zero-order chi connectivity index (χ0) is 13.1. The van der Waals surface area contributed by atoms with Gasteiger partial charge in [-0.25, -0.2) is 16.1 Å². The molecule has 1 aliphatic heterocycles. The molecule has 5 nitrogen and oxygen atoms in total. The van der Waals surface area contributed by atoms with Crippen molar-refractivity contribution >= 4 is 22.5 Å². The number of aromatic nitrogens is 1. The monoisotopic (exact) mass is 362 g/mol. The van der Waals surface area contributed by atoms with E-state index in [9.17, 15) is 4.79 Å². The third-order valence-electron chi connectivity index (χ3n) is 2.87. The van der Waals surface area contributed by atoms with Gasteiger partial charge in [-0.1, -0.05) is 29.1 Å². The van der Waals surface area contributed by atoms with Gasteiger partial charge < -0.3 is 15.2 Å². The standard InChI is InChI=1S/C13H13N4OS.Y/c18-13(17-7-6-14-9-17)16-12-15-11(8-19-12)10-4-2-1-3-5-10;/h1-5,14H,6-7,9H2,(H,15,16,18);/q-1;. The van der Waals surface area contributed by atoms with Gasteiger partial charge in [0.15, 0.2) is 0 Å². The van der Waals surface area contributed by atoms with E-state index in [1.807, 2.05) is 30.3 Å². The molecule has 1 radical (unpaired) electrons. The molecule has 0 spiro atoms. The quantitative estimate of drug-likeness (QED) is 0.804. The Labute approximate surface area is 146 Å². The first-order chi connectivity index (χ1) is 9.33. The third-order valence-corrected chi connectivity index (χ3v) is 3.55. The molecular weight excluding hydrogens is 349 g/mol. The average molecular weight is 362 g/mol. The summed E-state index contributed by atoms with van der Waals surface area (Å²) in [7, 11) is 0. The van der Waals surface area contributed by atoms with Crippen molar-refractivity contribution in [3.05, 3.63) is 35.7 Å². The maximum absolute atomic E-state index is 11.9. The van der Waals surface area contributed by atoms with E-state index in [0.717, 1.165) is 24.3 Å². The molecule has 2 heterocycles. The fraction of sp³-hybridized carbons (Fsp3) is 0.231. The zero-order valence-electron chi connectivity index (χ0n) is 10.8. The fourth-order valence-corrected chi connectivity index (χ4v) is 2.50. The van der Waals surface area contributed by atoms with Crippen LogP contribution in [0.1, 0.15) is 0 Å². The second-order valence-electron chi connectivity index (χ2n) is 4.19. The predicted octanol–water partition coefficient (Wildman–Crippen LogP) is 2.00. The number of thiazole rings is 1. The first-order valence-electron chi connectivity index (χ1n) is 6.03. The first-order valence-corrected chi connectivity index (χ1v) is 6.85. The number of nitrogens with zero attached hydrogens (tertiary/aromatic N) is 2. The van der Waals surface area contributed by atoms with Gasteiger partial charge in [0.05, 0.1) is 11.8 Å². The second-order valence-corrected chi connectivity index (χ2v) is 4.98. The van der Waals surface area contributed by atoms with E-state index in [4.69, 9.17) is 0 Å². The number of rotatable bonds is 2. The number of urea groups is 1. The van der Waals surface area contributed by atoms with Crippen LogP contribution < -0.4 is 10.6 Å². The molecular formula is C13H13N4OSY-. The maximum atomic E-state index is 11.9. The smallest absolute Gasteiger partial charge is 0.313 e. The summed E-state index contributed by atoms with van der Waals surface area (Å²) in [5.74, 6) is 0. The van der Waals surface area contributed by atoms with E-state index < -0.39 is 0 Å². The summed E-state index contributed by atoms with van der Waals surface area (Å²) in [6.07, 6.45) is 0. The largest absolute Gasteiger partial charge is 0.336 e. The van der Waals surface area contributed by atoms with E-state index in [1.54, 1.807) is 4.90 Å². The van der Waals surface area contributed by atoms with E-state index in [2.05, 4.69) is 21.0 Å². The Kier molecular flexibility index (Phi) is 5.66. The van der Waals surface area contributed by atoms with Gasteiger partial charge in [0, 0.05) is 45.8 Å². The summed E-state index contributed by atoms with van der Waals surface area (Å²) >= 11 is 1.32. The Hall–Kier alpha value is -0.816. The van der Waals surface area contributed by atoms with Crippen LogP contribution in [0.3, 0.4) is 0 Å². The minimum Gasteiger partial charge on any atom is -0.336 e. The SMILES string of the molecule is O=C(Nc1nc(-c2ccccc2)[c-]s1)N1CCNC1.[Y]. The number of hydrogen-bond acceptors (Lipinski definition) is 4. The van der Waals surface area contributed by atoms with Gasteiger partial charge in [-0.2, -0.15) is 0 Å².